The molecule has 0 aliphatic carbocycles. The SMILES string of the molecule is O=C(CCCNS(=O)(=O)c1ccc(F)cc1F)OCc1cc(-c2ccccc2)on1. The third-order valence-corrected chi connectivity index (χ3v) is 5.53. The number of aromatic nitrogens is 1. The second-order valence-corrected chi connectivity index (χ2v) is 8.02. The molecule has 0 unspecified atom stereocenters. The van der Waals surface area contributed by atoms with Gasteiger partial charge in [-0.05, 0) is 18.6 Å². The highest BCUT2D eigenvalue weighted by Gasteiger charge is 2.19. The van der Waals surface area contributed by atoms with E-state index in [0.29, 0.717) is 17.5 Å². The predicted molar refractivity (Wildman–Crippen MR) is 103 cm³/mol. The number of carbonyl (C=O) groups is 1. The Bertz CT molecular complexity index is 1120. The Morgan fingerprint density at radius 1 is 1.10 bits per heavy atom. The van der Waals surface area contributed by atoms with Crippen LogP contribution in [0.1, 0.15) is 18.5 Å². The minimum Gasteiger partial charge on any atom is -0.459 e. The molecule has 0 bridgehead atoms. The van der Waals surface area contributed by atoms with Crippen LogP contribution in [0.5, 0.6) is 0 Å². The molecule has 0 amide bonds. The van der Waals surface area contributed by atoms with E-state index in [9.17, 15) is 22.0 Å². The predicted octanol–water partition coefficient (Wildman–Crippen LogP) is 3.42. The Kier molecular flexibility index (Phi) is 6.91. The molecule has 0 aliphatic rings. The standard InChI is InChI=1S/C20H18F2N2O5S/c21-15-8-9-19(17(22)11-15)30(26,27)23-10-4-7-20(25)28-13-16-12-18(29-24-16)14-5-2-1-3-6-14/h1-3,5-6,8-9,11-12,23H,4,7,10,13H2. The third kappa shape index (κ3) is 5.71. The summed E-state index contributed by atoms with van der Waals surface area (Å²) in [5.74, 6) is -2.07. The maximum absolute atomic E-state index is 13.6. The summed E-state index contributed by atoms with van der Waals surface area (Å²) in [6.45, 7) is -0.196. The van der Waals surface area contributed by atoms with Gasteiger partial charge in [-0.2, -0.15) is 0 Å². The van der Waals surface area contributed by atoms with E-state index in [0.717, 1.165) is 17.7 Å². The molecule has 7 nitrogen and oxygen atoms in total. The molecule has 158 valence electrons. The van der Waals surface area contributed by atoms with Crippen LogP contribution < -0.4 is 4.72 Å². The van der Waals surface area contributed by atoms with Gasteiger partial charge in [-0.15, -0.1) is 0 Å². The number of esters is 1. The molecule has 0 saturated heterocycles. The highest BCUT2D eigenvalue weighted by molar-refractivity contribution is 7.89. The van der Waals surface area contributed by atoms with Crippen LogP contribution in [0, 0.1) is 11.6 Å². The first-order valence-corrected chi connectivity index (χ1v) is 10.4. The van der Waals surface area contributed by atoms with Crippen molar-refractivity contribution >= 4 is 16.0 Å². The van der Waals surface area contributed by atoms with Gasteiger partial charge in [0.05, 0.1) is 0 Å². The fraction of sp³-hybridized carbons (Fsp3) is 0.200. The van der Waals surface area contributed by atoms with Crippen molar-refractivity contribution in [2.24, 2.45) is 0 Å². The van der Waals surface area contributed by atoms with Crippen LogP contribution in [0.25, 0.3) is 11.3 Å². The molecule has 1 aromatic heterocycles. The van der Waals surface area contributed by atoms with Gasteiger partial charge < -0.3 is 9.26 Å². The molecule has 30 heavy (non-hydrogen) atoms. The van der Waals surface area contributed by atoms with Gasteiger partial charge in [-0.1, -0.05) is 35.5 Å². The van der Waals surface area contributed by atoms with Crippen LogP contribution in [0.15, 0.2) is 64.0 Å². The molecule has 0 aliphatic heterocycles. The molecule has 10 heteroatoms. The Hall–Kier alpha value is -3.11. The second kappa shape index (κ2) is 9.59. The van der Waals surface area contributed by atoms with Crippen molar-refractivity contribution in [1.82, 2.24) is 9.88 Å². The average Bonchev–Trinajstić information content (AvgIpc) is 3.19. The van der Waals surface area contributed by atoms with Crippen molar-refractivity contribution in [3.63, 3.8) is 0 Å². The van der Waals surface area contributed by atoms with E-state index < -0.39 is 32.5 Å². The summed E-state index contributed by atoms with van der Waals surface area (Å²) in [6.07, 6.45) is 0.0762. The lowest BCUT2D eigenvalue weighted by atomic mass is 10.2. The van der Waals surface area contributed by atoms with Crippen molar-refractivity contribution in [2.75, 3.05) is 6.54 Å². The van der Waals surface area contributed by atoms with E-state index in [1.807, 2.05) is 30.3 Å². The number of nitrogens with zero attached hydrogens (tertiary/aromatic N) is 1. The first-order valence-electron chi connectivity index (χ1n) is 8.96. The van der Waals surface area contributed by atoms with Gasteiger partial charge in [-0.3, -0.25) is 4.79 Å². The average molecular weight is 436 g/mol. The summed E-state index contributed by atoms with van der Waals surface area (Å²) in [5, 5.41) is 3.84. The second-order valence-electron chi connectivity index (χ2n) is 6.29. The van der Waals surface area contributed by atoms with E-state index in [4.69, 9.17) is 9.26 Å². The zero-order valence-electron chi connectivity index (χ0n) is 15.7. The van der Waals surface area contributed by atoms with Crippen LogP contribution in [0.4, 0.5) is 8.78 Å². The Morgan fingerprint density at radius 2 is 1.87 bits per heavy atom. The van der Waals surface area contributed by atoms with Gasteiger partial charge in [0.15, 0.2) is 5.76 Å². The molecule has 0 atom stereocenters. The van der Waals surface area contributed by atoms with Crippen LogP contribution in [0.2, 0.25) is 0 Å². The van der Waals surface area contributed by atoms with E-state index in [2.05, 4.69) is 9.88 Å². The number of hydrogen-bond acceptors (Lipinski definition) is 6. The summed E-state index contributed by atoms with van der Waals surface area (Å²) in [7, 11) is -4.15. The number of carbonyl (C=O) groups excluding carboxylic acids is 1. The number of nitrogens with one attached hydrogen (secondary N) is 1. The van der Waals surface area contributed by atoms with Crippen molar-refractivity contribution in [2.45, 2.75) is 24.3 Å². The van der Waals surface area contributed by atoms with Gasteiger partial charge in [0.1, 0.15) is 28.8 Å². The van der Waals surface area contributed by atoms with Crippen LogP contribution in [-0.4, -0.2) is 26.1 Å². The van der Waals surface area contributed by atoms with Crippen LogP contribution in [-0.2, 0) is 26.2 Å². The Morgan fingerprint density at radius 3 is 2.60 bits per heavy atom. The summed E-state index contributed by atoms with van der Waals surface area (Å²) in [6, 6.07) is 13.1. The normalized spacial score (nSPS) is 11.4. The fourth-order valence-corrected chi connectivity index (χ4v) is 3.69. The number of sulfonamides is 1. The fourth-order valence-electron chi connectivity index (χ4n) is 2.56. The maximum Gasteiger partial charge on any atom is 0.306 e. The number of ether oxygens (including phenoxy) is 1. The quantitative estimate of drug-likeness (QED) is 0.408. The molecule has 0 saturated carbocycles. The maximum atomic E-state index is 13.6. The number of halogens is 2. The third-order valence-electron chi connectivity index (χ3n) is 4.03. The van der Waals surface area contributed by atoms with Gasteiger partial charge in [0.2, 0.25) is 10.0 Å². The molecule has 0 spiro atoms. The molecule has 3 rings (SSSR count). The zero-order valence-corrected chi connectivity index (χ0v) is 16.5. The molecule has 1 N–H and O–H groups in total. The largest absolute Gasteiger partial charge is 0.459 e. The van der Waals surface area contributed by atoms with Crippen molar-refractivity contribution in [3.8, 4) is 11.3 Å². The minimum atomic E-state index is -4.15. The van der Waals surface area contributed by atoms with Crippen LogP contribution >= 0.6 is 0 Å². The highest BCUT2D eigenvalue weighted by Crippen LogP contribution is 2.20. The summed E-state index contributed by atoms with van der Waals surface area (Å²) in [4.78, 5) is 11.2. The number of benzene rings is 2. The monoisotopic (exact) mass is 436 g/mol. The molecule has 0 radical (unpaired) electrons. The summed E-state index contributed by atoms with van der Waals surface area (Å²) >= 11 is 0. The minimum absolute atomic E-state index is 0.0577. The lowest BCUT2D eigenvalue weighted by Crippen LogP contribution is -2.26. The molecule has 3 aromatic rings. The molecule has 0 fully saturated rings. The highest BCUT2D eigenvalue weighted by atomic mass is 32.2. The summed E-state index contributed by atoms with van der Waals surface area (Å²) in [5.41, 5.74) is 1.28. The first kappa shape index (κ1) is 21.6. The lowest BCUT2D eigenvalue weighted by Gasteiger charge is -2.07. The van der Waals surface area contributed by atoms with Gasteiger partial charge >= 0.3 is 5.97 Å². The van der Waals surface area contributed by atoms with E-state index in [1.54, 1.807) is 6.07 Å². The molecule has 1 heterocycles. The van der Waals surface area contributed by atoms with Gasteiger partial charge in [0.25, 0.3) is 0 Å². The first-order chi connectivity index (χ1) is 14.3. The zero-order chi connectivity index (χ0) is 21.6. The van der Waals surface area contributed by atoms with Crippen molar-refractivity contribution in [1.29, 1.82) is 0 Å². The van der Waals surface area contributed by atoms with Gasteiger partial charge in [-0.25, -0.2) is 21.9 Å². The van der Waals surface area contributed by atoms with Crippen LogP contribution in [0.3, 0.4) is 0 Å². The van der Waals surface area contributed by atoms with Gasteiger partial charge in [0, 0.05) is 30.7 Å². The number of rotatable bonds is 9. The smallest absolute Gasteiger partial charge is 0.306 e. The Labute approximate surface area is 171 Å². The lowest BCUT2D eigenvalue weighted by molar-refractivity contribution is -0.145. The van der Waals surface area contributed by atoms with E-state index in [1.165, 1.54) is 0 Å². The topological polar surface area (TPSA) is 98.5 Å². The number of hydrogen-bond donors (Lipinski definition) is 1. The van der Waals surface area contributed by atoms with E-state index >= 15 is 0 Å². The summed E-state index contributed by atoms with van der Waals surface area (Å²) < 4.78 is 63.0. The van der Waals surface area contributed by atoms with Crippen molar-refractivity contribution in [3.05, 3.63) is 71.9 Å². The van der Waals surface area contributed by atoms with E-state index in [-0.39, 0.29) is 26.0 Å². The van der Waals surface area contributed by atoms with Crippen molar-refractivity contribution < 1.29 is 31.3 Å². The Balaban J connectivity index is 1.42. The molecular formula is C20H18F2N2O5S. The molecular weight excluding hydrogens is 418 g/mol. The molecule has 2 aromatic carbocycles.